The Morgan fingerprint density at radius 2 is 2.14 bits per heavy atom. The van der Waals surface area contributed by atoms with Crippen LogP contribution >= 0.6 is 0 Å². The van der Waals surface area contributed by atoms with Crippen molar-refractivity contribution in [2.75, 3.05) is 26.2 Å². The second-order valence-corrected chi connectivity index (χ2v) is 5.88. The molecule has 22 heavy (non-hydrogen) atoms. The van der Waals surface area contributed by atoms with Gasteiger partial charge in [-0.3, -0.25) is 4.79 Å². The average Bonchev–Trinajstić information content (AvgIpc) is 2.59. The summed E-state index contributed by atoms with van der Waals surface area (Å²) >= 11 is 0. The molecule has 1 saturated heterocycles. The summed E-state index contributed by atoms with van der Waals surface area (Å²) < 4.78 is 11.7. The number of carbonyl (C=O) groups is 1. The molecule has 2 atom stereocenters. The fourth-order valence-corrected chi connectivity index (χ4v) is 3.06. The quantitative estimate of drug-likeness (QED) is 0.922. The van der Waals surface area contributed by atoms with Gasteiger partial charge in [0.25, 0.3) is 0 Å². The molecule has 3 rings (SSSR count). The van der Waals surface area contributed by atoms with Crippen LogP contribution in [0.15, 0.2) is 24.3 Å². The predicted molar refractivity (Wildman–Crippen MR) is 84.2 cm³/mol. The van der Waals surface area contributed by atoms with E-state index in [9.17, 15) is 4.79 Å². The first-order valence-corrected chi connectivity index (χ1v) is 8.18. The maximum Gasteiger partial charge on any atom is 0.239 e. The molecule has 5 nitrogen and oxygen atoms in total. The highest BCUT2D eigenvalue weighted by Crippen LogP contribution is 2.31. The third kappa shape index (κ3) is 3.35. The van der Waals surface area contributed by atoms with Gasteiger partial charge in [0.15, 0.2) is 17.6 Å². The number of nitrogens with zero attached hydrogens (tertiary/aromatic N) is 1. The molecule has 0 radical (unpaired) electrons. The van der Waals surface area contributed by atoms with Crippen LogP contribution in [-0.4, -0.2) is 49.2 Å². The van der Waals surface area contributed by atoms with E-state index in [-0.39, 0.29) is 18.1 Å². The van der Waals surface area contributed by atoms with E-state index >= 15 is 0 Å². The van der Waals surface area contributed by atoms with E-state index in [0.29, 0.717) is 19.7 Å². The number of hydrogen-bond acceptors (Lipinski definition) is 4. The lowest BCUT2D eigenvalue weighted by Gasteiger charge is -2.33. The topological polar surface area (TPSA) is 50.8 Å². The fraction of sp³-hybridized carbons (Fsp3) is 0.588. The number of amides is 1. The zero-order chi connectivity index (χ0) is 15.4. The highest BCUT2D eigenvalue weighted by molar-refractivity contribution is 5.82. The number of para-hydroxylation sites is 2. The number of likely N-dealkylation sites (N-methyl/N-ethyl adjacent to an activating group) is 1. The third-order valence-corrected chi connectivity index (χ3v) is 4.29. The number of benzene rings is 1. The molecule has 2 aliphatic heterocycles. The summed E-state index contributed by atoms with van der Waals surface area (Å²) in [5, 5.41) is 3.32. The van der Waals surface area contributed by atoms with Crippen LogP contribution in [0.3, 0.4) is 0 Å². The number of carbonyl (C=O) groups excluding carboxylic acids is 1. The van der Waals surface area contributed by atoms with Gasteiger partial charge in [0.1, 0.15) is 6.61 Å². The second kappa shape index (κ2) is 7.01. The average molecular weight is 304 g/mol. The standard InChI is InChI=1S/C17H24N2O3/c1-2-19(17(20)14-7-5-6-10-18-14)11-13-12-21-15-8-3-4-9-16(15)22-13/h3-4,8-9,13-14,18H,2,5-7,10-12H2,1H3. The van der Waals surface area contributed by atoms with Gasteiger partial charge < -0.3 is 19.7 Å². The maximum atomic E-state index is 12.6. The number of rotatable bonds is 4. The third-order valence-electron chi connectivity index (χ3n) is 4.29. The molecular weight excluding hydrogens is 280 g/mol. The summed E-state index contributed by atoms with van der Waals surface area (Å²) in [6, 6.07) is 7.63. The Balaban J connectivity index is 1.60. The predicted octanol–water partition coefficient (Wildman–Crippen LogP) is 1.82. The van der Waals surface area contributed by atoms with Gasteiger partial charge in [-0.05, 0) is 38.4 Å². The number of hydrogen-bond donors (Lipinski definition) is 1. The van der Waals surface area contributed by atoms with Crippen LogP contribution < -0.4 is 14.8 Å². The van der Waals surface area contributed by atoms with Gasteiger partial charge in [0.2, 0.25) is 5.91 Å². The van der Waals surface area contributed by atoms with E-state index in [2.05, 4.69) is 5.32 Å². The first kappa shape index (κ1) is 15.2. The lowest BCUT2D eigenvalue weighted by atomic mass is 10.0. The summed E-state index contributed by atoms with van der Waals surface area (Å²) in [5.41, 5.74) is 0. The molecule has 0 bridgehead atoms. The Morgan fingerprint density at radius 3 is 2.86 bits per heavy atom. The van der Waals surface area contributed by atoms with Crippen LogP contribution in [0.5, 0.6) is 11.5 Å². The summed E-state index contributed by atoms with van der Waals surface area (Å²) in [4.78, 5) is 14.5. The Morgan fingerprint density at radius 1 is 1.32 bits per heavy atom. The number of fused-ring (bicyclic) bond motifs is 1. The highest BCUT2D eigenvalue weighted by atomic mass is 16.6. The lowest BCUT2D eigenvalue weighted by Crippen LogP contribution is -2.52. The highest BCUT2D eigenvalue weighted by Gasteiger charge is 2.29. The van der Waals surface area contributed by atoms with Gasteiger partial charge >= 0.3 is 0 Å². The molecule has 2 aliphatic rings. The van der Waals surface area contributed by atoms with E-state index in [1.807, 2.05) is 36.1 Å². The summed E-state index contributed by atoms with van der Waals surface area (Å²) in [6.45, 7) is 4.70. The van der Waals surface area contributed by atoms with Crippen molar-refractivity contribution < 1.29 is 14.3 Å². The summed E-state index contributed by atoms with van der Waals surface area (Å²) in [5.74, 6) is 1.73. The van der Waals surface area contributed by atoms with Crippen LogP contribution in [0.2, 0.25) is 0 Å². The van der Waals surface area contributed by atoms with Crippen molar-refractivity contribution in [2.45, 2.75) is 38.3 Å². The lowest BCUT2D eigenvalue weighted by molar-refractivity contribution is -0.135. The first-order chi connectivity index (χ1) is 10.8. The molecule has 2 heterocycles. The molecule has 1 aromatic rings. The van der Waals surface area contributed by atoms with Gasteiger partial charge in [0, 0.05) is 6.54 Å². The molecule has 2 unspecified atom stereocenters. The Kier molecular flexibility index (Phi) is 4.83. The van der Waals surface area contributed by atoms with E-state index in [4.69, 9.17) is 9.47 Å². The normalized spacial score (nSPS) is 23.9. The molecule has 0 saturated carbocycles. The monoisotopic (exact) mass is 304 g/mol. The minimum absolute atomic E-state index is 0.0366. The second-order valence-electron chi connectivity index (χ2n) is 5.88. The number of piperidine rings is 1. The van der Waals surface area contributed by atoms with Crippen LogP contribution in [0.1, 0.15) is 26.2 Å². The minimum atomic E-state index is -0.109. The van der Waals surface area contributed by atoms with Crippen molar-refractivity contribution in [1.29, 1.82) is 0 Å². The Hall–Kier alpha value is -1.75. The van der Waals surface area contributed by atoms with Crippen LogP contribution in [0.4, 0.5) is 0 Å². The van der Waals surface area contributed by atoms with Gasteiger partial charge in [-0.1, -0.05) is 18.6 Å². The van der Waals surface area contributed by atoms with Crippen LogP contribution in [0.25, 0.3) is 0 Å². The van der Waals surface area contributed by atoms with E-state index in [1.165, 1.54) is 0 Å². The SMILES string of the molecule is CCN(CC1COc2ccccc2O1)C(=O)C1CCCCN1. The van der Waals surface area contributed by atoms with Crippen LogP contribution in [0, 0.1) is 0 Å². The Bertz CT molecular complexity index is 514. The van der Waals surface area contributed by atoms with Gasteiger partial charge in [-0.2, -0.15) is 0 Å². The molecule has 1 N–H and O–H groups in total. The van der Waals surface area contributed by atoms with E-state index < -0.39 is 0 Å². The largest absolute Gasteiger partial charge is 0.486 e. The fourth-order valence-electron chi connectivity index (χ4n) is 3.06. The van der Waals surface area contributed by atoms with Crippen molar-refractivity contribution in [3.8, 4) is 11.5 Å². The first-order valence-electron chi connectivity index (χ1n) is 8.18. The van der Waals surface area contributed by atoms with Gasteiger partial charge in [-0.25, -0.2) is 0 Å². The van der Waals surface area contributed by atoms with Crippen molar-refractivity contribution in [2.24, 2.45) is 0 Å². The number of ether oxygens (including phenoxy) is 2. The summed E-state index contributed by atoms with van der Waals surface area (Å²) in [7, 11) is 0. The smallest absolute Gasteiger partial charge is 0.239 e. The molecule has 0 spiro atoms. The molecule has 1 fully saturated rings. The van der Waals surface area contributed by atoms with Gasteiger partial charge in [0.05, 0.1) is 12.6 Å². The van der Waals surface area contributed by atoms with Crippen LogP contribution in [-0.2, 0) is 4.79 Å². The van der Waals surface area contributed by atoms with Crippen molar-refractivity contribution >= 4 is 5.91 Å². The molecule has 5 heteroatoms. The number of nitrogens with one attached hydrogen (secondary N) is 1. The van der Waals surface area contributed by atoms with E-state index in [1.54, 1.807) is 0 Å². The zero-order valence-electron chi connectivity index (χ0n) is 13.1. The maximum absolute atomic E-state index is 12.6. The zero-order valence-corrected chi connectivity index (χ0v) is 13.1. The molecule has 0 aromatic heterocycles. The molecule has 1 aromatic carbocycles. The summed E-state index contributed by atoms with van der Waals surface area (Å²) in [6.07, 6.45) is 3.10. The Labute approximate surface area is 131 Å². The van der Waals surface area contributed by atoms with Crippen molar-refractivity contribution in [3.63, 3.8) is 0 Å². The molecule has 120 valence electrons. The van der Waals surface area contributed by atoms with Gasteiger partial charge in [-0.15, -0.1) is 0 Å². The molecule has 1 amide bonds. The minimum Gasteiger partial charge on any atom is -0.486 e. The van der Waals surface area contributed by atoms with Crippen molar-refractivity contribution in [3.05, 3.63) is 24.3 Å². The molecule has 0 aliphatic carbocycles. The van der Waals surface area contributed by atoms with Crippen molar-refractivity contribution in [1.82, 2.24) is 10.2 Å². The van der Waals surface area contributed by atoms with E-state index in [0.717, 1.165) is 37.3 Å². The molecular formula is C17H24N2O3.